The van der Waals surface area contributed by atoms with Gasteiger partial charge in [0, 0.05) is 30.7 Å². The van der Waals surface area contributed by atoms with Crippen LogP contribution in [0.3, 0.4) is 0 Å². The summed E-state index contributed by atoms with van der Waals surface area (Å²) in [4.78, 5) is 15.9. The summed E-state index contributed by atoms with van der Waals surface area (Å²) in [5.41, 5.74) is 1.05. The molecule has 30 heavy (non-hydrogen) atoms. The van der Waals surface area contributed by atoms with Gasteiger partial charge in [0.25, 0.3) is 0 Å². The van der Waals surface area contributed by atoms with E-state index in [0.717, 1.165) is 11.1 Å². The smallest absolute Gasteiger partial charge is 0.336 e. The summed E-state index contributed by atoms with van der Waals surface area (Å²) < 4.78 is 17.4. The zero-order chi connectivity index (χ0) is 21.1. The second-order valence-corrected chi connectivity index (χ2v) is 7.75. The molecule has 0 saturated carbocycles. The van der Waals surface area contributed by atoms with Crippen LogP contribution in [0.4, 0.5) is 0 Å². The van der Waals surface area contributed by atoms with Gasteiger partial charge in [-0.3, -0.25) is 4.98 Å². The Morgan fingerprint density at radius 1 is 1.27 bits per heavy atom. The first kappa shape index (κ1) is 20.1. The predicted molar refractivity (Wildman–Crippen MR) is 114 cm³/mol. The van der Waals surface area contributed by atoms with Gasteiger partial charge >= 0.3 is 5.63 Å². The van der Waals surface area contributed by atoms with Crippen molar-refractivity contribution >= 4 is 17.0 Å². The fourth-order valence-electron chi connectivity index (χ4n) is 3.25. The molecule has 156 valence electrons. The highest BCUT2D eigenvalue weighted by Crippen LogP contribution is 2.43. The van der Waals surface area contributed by atoms with Crippen LogP contribution in [-0.2, 0) is 6.54 Å². The molecule has 0 aliphatic carbocycles. The first-order chi connectivity index (χ1) is 14.4. The number of rotatable bonds is 7. The normalized spacial score (nSPS) is 15.4. The fraction of sp³-hybridized carbons (Fsp3) is 0.304. The van der Waals surface area contributed by atoms with E-state index in [1.807, 2.05) is 44.2 Å². The number of nitrogens with zero attached hydrogens (tertiary/aromatic N) is 1. The zero-order valence-corrected chi connectivity index (χ0v) is 16.9. The number of hydrogen-bond acceptors (Lipinski definition) is 7. The molecule has 2 aromatic heterocycles. The maximum absolute atomic E-state index is 11.7. The lowest BCUT2D eigenvalue weighted by atomic mass is 10.00. The molecular weight excluding hydrogens is 384 g/mol. The van der Waals surface area contributed by atoms with Crippen LogP contribution >= 0.6 is 0 Å². The number of aromatic nitrogens is 1. The Morgan fingerprint density at radius 3 is 2.93 bits per heavy atom. The number of hydrogen-bond donors (Lipinski definition) is 2. The van der Waals surface area contributed by atoms with E-state index in [1.165, 1.54) is 6.07 Å². The molecule has 1 unspecified atom stereocenters. The van der Waals surface area contributed by atoms with Crippen molar-refractivity contribution in [3.63, 3.8) is 0 Å². The number of nitrogens with one attached hydrogen (secondary N) is 1. The van der Waals surface area contributed by atoms with E-state index in [2.05, 4.69) is 10.3 Å². The van der Waals surface area contributed by atoms with Gasteiger partial charge in [0.05, 0.1) is 11.3 Å². The molecule has 2 N–H and O–H groups in total. The first-order valence-electron chi connectivity index (χ1n) is 9.82. The molecule has 7 heteroatoms. The van der Waals surface area contributed by atoms with Gasteiger partial charge in [0.1, 0.15) is 23.9 Å². The molecule has 0 radical (unpaired) electrons. The molecule has 0 fully saturated rings. The Labute approximate surface area is 174 Å². The van der Waals surface area contributed by atoms with Crippen molar-refractivity contribution in [2.45, 2.75) is 32.1 Å². The van der Waals surface area contributed by atoms with Crippen molar-refractivity contribution in [1.29, 1.82) is 0 Å². The number of ether oxygens (including phenoxy) is 2. The van der Waals surface area contributed by atoms with Crippen molar-refractivity contribution in [3.05, 3.63) is 70.3 Å². The topological polar surface area (TPSA) is 93.8 Å². The molecule has 3 aromatic rings. The van der Waals surface area contributed by atoms with E-state index in [4.69, 9.17) is 13.9 Å². The third kappa shape index (κ3) is 4.53. The molecule has 4 rings (SSSR count). The third-order valence-corrected chi connectivity index (χ3v) is 4.72. The summed E-state index contributed by atoms with van der Waals surface area (Å²) in [7, 11) is 0. The summed E-state index contributed by atoms with van der Waals surface area (Å²) >= 11 is 0. The first-order valence-corrected chi connectivity index (χ1v) is 9.82. The lowest BCUT2D eigenvalue weighted by Crippen LogP contribution is -2.32. The molecule has 0 spiro atoms. The van der Waals surface area contributed by atoms with Gasteiger partial charge < -0.3 is 24.3 Å². The van der Waals surface area contributed by atoms with Crippen molar-refractivity contribution in [2.75, 3.05) is 13.2 Å². The number of benzene rings is 1. The summed E-state index contributed by atoms with van der Waals surface area (Å²) in [6.07, 6.45) is 4.79. The molecule has 1 aliphatic rings. The second kappa shape index (κ2) is 8.30. The number of aliphatic hydroxyl groups excluding tert-OH is 1. The van der Waals surface area contributed by atoms with Crippen molar-refractivity contribution < 1.29 is 19.0 Å². The molecule has 1 aliphatic heterocycles. The van der Waals surface area contributed by atoms with Crippen LogP contribution in [0.5, 0.6) is 11.5 Å². The third-order valence-electron chi connectivity index (χ3n) is 4.72. The quantitative estimate of drug-likeness (QED) is 0.581. The van der Waals surface area contributed by atoms with Crippen LogP contribution in [-0.4, -0.2) is 34.9 Å². The Morgan fingerprint density at radius 2 is 2.13 bits per heavy atom. The Kier molecular flexibility index (Phi) is 5.57. The predicted octanol–water partition coefficient (Wildman–Crippen LogP) is 2.90. The highest BCUT2D eigenvalue weighted by Gasteiger charge is 2.27. The van der Waals surface area contributed by atoms with E-state index in [1.54, 1.807) is 18.3 Å². The highest BCUT2D eigenvalue weighted by atomic mass is 16.5. The van der Waals surface area contributed by atoms with E-state index >= 15 is 0 Å². The Bertz CT molecular complexity index is 1120. The Balaban J connectivity index is 1.49. The summed E-state index contributed by atoms with van der Waals surface area (Å²) in [6.45, 7) is 4.85. The molecule has 1 atom stereocenters. The summed E-state index contributed by atoms with van der Waals surface area (Å²) in [5.74, 6) is 0.991. The Hall–Kier alpha value is -3.16. The van der Waals surface area contributed by atoms with Gasteiger partial charge in [-0.05, 0) is 50.3 Å². The average molecular weight is 408 g/mol. The van der Waals surface area contributed by atoms with Crippen LogP contribution < -0.4 is 20.4 Å². The van der Waals surface area contributed by atoms with Gasteiger partial charge in [-0.15, -0.1) is 0 Å². The minimum atomic E-state index is -0.721. The highest BCUT2D eigenvalue weighted by molar-refractivity contribution is 5.91. The van der Waals surface area contributed by atoms with E-state index < -0.39 is 17.3 Å². The van der Waals surface area contributed by atoms with E-state index in [0.29, 0.717) is 35.7 Å². The number of pyridine rings is 1. The minimum Gasteiger partial charge on any atom is -0.487 e. The average Bonchev–Trinajstić information content (AvgIpc) is 2.72. The maximum Gasteiger partial charge on any atom is 0.336 e. The van der Waals surface area contributed by atoms with Crippen molar-refractivity contribution in [3.8, 4) is 11.5 Å². The van der Waals surface area contributed by atoms with Crippen LogP contribution in [0, 0.1) is 0 Å². The largest absolute Gasteiger partial charge is 0.487 e. The zero-order valence-electron chi connectivity index (χ0n) is 16.9. The summed E-state index contributed by atoms with van der Waals surface area (Å²) in [5, 5.41) is 14.2. The van der Waals surface area contributed by atoms with Gasteiger partial charge in [-0.25, -0.2) is 4.79 Å². The second-order valence-electron chi connectivity index (χ2n) is 7.75. The molecule has 1 aromatic carbocycles. The minimum absolute atomic E-state index is 0.0808. The van der Waals surface area contributed by atoms with Gasteiger partial charge in [0.2, 0.25) is 0 Å². The molecule has 0 bridgehead atoms. The monoisotopic (exact) mass is 408 g/mol. The maximum atomic E-state index is 11.7. The lowest BCUT2D eigenvalue weighted by Gasteiger charge is -2.29. The molecule has 0 amide bonds. The molecular formula is C23H24N2O5. The molecule has 7 nitrogen and oxygen atoms in total. The van der Waals surface area contributed by atoms with Crippen LogP contribution in [0.1, 0.15) is 25.1 Å². The summed E-state index contributed by atoms with van der Waals surface area (Å²) in [6, 6.07) is 10.5. The SMILES string of the molecule is CC1(C)C=Cc2c(c(OCC(O)CNCc3ccccn3)cc3ccc(=O)oc23)O1. The number of fused-ring (bicyclic) bond motifs is 3. The van der Waals surface area contributed by atoms with E-state index in [9.17, 15) is 9.90 Å². The van der Waals surface area contributed by atoms with Gasteiger partial charge in [-0.2, -0.15) is 0 Å². The van der Waals surface area contributed by atoms with Gasteiger partial charge in [0.15, 0.2) is 11.5 Å². The van der Waals surface area contributed by atoms with E-state index in [-0.39, 0.29) is 6.61 Å². The van der Waals surface area contributed by atoms with Crippen molar-refractivity contribution in [2.24, 2.45) is 0 Å². The molecule has 0 saturated heterocycles. The van der Waals surface area contributed by atoms with Crippen LogP contribution in [0.15, 0.2) is 57.9 Å². The fourth-order valence-corrected chi connectivity index (χ4v) is 3.25. The number of aliphatic hydroxyl groups is 1. The van der Waals surface area contributed by atoms with Crippen LogP contribution in [0.2, 0.25) is 0 Å². The van der Waals surface area contributed by atoms with Crippen molar-refractivity contribution in [1.82, 2.24) is 10.3 Å². The van der Waals surface area contributed by atoms with Crippen LogP contribution in [0.25, 0.3) is 17.0 Å². The molecule has 3 heterocycles. The lowest BCUT2D eigenvalue weighted by molar-refractivity contribution is 0.0981. The van der Waals surface area contributed by atoms with Gasteiger partial charge in [-0.1, -0.05) is 6.07 Å². The standard InChI is InChI=1S/C23H24N2O5/c1-23(2)9-8-18-21-15(6-7-20(27)29-21)11-19(22(18)30-23)28-14-17(26)13-24-12-16-5-3-4-10-25-16/h3-11,17,24,26H,12-14H2,1-2H3.